The molecule has 0 bridgehead atoms. The molecule has 0 spiro atoms. The minimum atomic E-state index is -0.389. The number of nitrogens with one attached hydrogen (secondary N) is 2. The smallest absolute Gasteiger partial charge is 0.257 e. The number of aromatic nitrogens is 2. The highest BCUT2D eigenvalue weighted by Crippen LogP contribution is 2.39. The van der Waals surface area contributed by atoms with Crippen molar-refractivity contribution in [1.82, 2.24) is 10.2 Å². The average molecular weight is 517 g/mol. The largest absolute Gasteiger partial charge is 0.490 e. The average Bonchev–Trinajstić information content (AvgIpc) is 3.27. The summed E-state index contributed by atoms with van der Waals surface area (Å²) in [5.74, 6) is 0.955. The summed E-state index contributed by atoms with van der Waals surface area (Å²) in [6.45, 7) is 8.78. The van der Waals surface area contributed by atoms with E-state index in [9.17, 15) is 9.59 Å². The monoisotopic (exact) mass is 516 g/mol. The molecule has 0 saturated carbocycles. The fourth-order valence-corrected chi connectivity index (χ4v) is 4.60. The molecule has 0 aliphatic carbocycles. The highest BCUT2D eigenvalue weighted by atomic mass is 32.2. The van der Waals surface area contributed by atoms with Gasteiger partial charge in [0.2, 0.25) is 16.8 Å². The molecule has 11 heteroatoms. The zero-order valence-corrected chi connectivity index (χ0v) is 21.7. The van der Waals surface area contributed by atoms with Crippen LogP contribution in [0, 0.1) is 6.92 Å². The quantitative estimate of drug-likeness (QED) is 0.255. The summed E-state index contributed by atoms with van der Waals surface area (Å²) in [5, 5.41) is 14.0. The van der Waals surface area contributed by atoms with Crippen molar-refractivity contribution in [3.63, 3.8) is 0 Å². The summed E-state index contributed by atoms with van der Waals surface area (Å²) < 4.78 is 17.6. The number of rotatable bonds is 12. The van der Waals surface area contributed by atoms with Crippen LogP contribution in [0.15, 0.2) is 40.7 Å². The van der Waals surface area contributed by atoms with Crippen molar-refractivity contribution in [3.05, 3.63) is 47.5 Å². The second-order valence-corrected chi connectivity index (χ2v) is 9.33. The fraction of sp³-hybridized carbons (Fsp3) is 0.333. The maximum atomic E-state index is 12.9. The lowest BCUT2D eigenvalue weighted by molar-refractivity contribution is -0.113. The van der Waals surface area contributed by atoms with Crippen molar-refractivity contribution >= 4 is 45.7 Å². The zero-order valence-electron chi connectivity index (χ0n) is 20.0. The molecule has 3 rings (SSSR count). The van der Waals surface area contributed by atoms with Crippen LogP contribution in [0.4, 0.5) is 10.8 Å². The number of thioether (sulfide) groups is 1. The predicted molar refractivity (Wildman–Crippen MR) is 138 cm³/mol. The van der Waals surface area contributed by atoms with E-state index < -0.39 is 0 Å². The van der Waals surface area contributed by atoms with Gasteiger partial charge in [0, 0.05) is 11.3 Å². The molecular formula is C24H28N4O5S2. The first-order valence-corrected chi connectivity index (χ1v) is 12.9. The molecule has 186 valence electrons. The summed E-state index contributed by atoms with van der Waals surface area (Å²) in [6, 6.07) is 10.8. The maximum absolute atomic E-state index is 12.9. The topological polar surface area (TPSA) is 112 Å². The molecule has 0 unspecified atom stereocenters. The molecule has 2 N–H and O–H groups in total. The van der Waals surface area contributed by atoms with E-state index in [4.69, 9.17) is 14.2 Å². The number of nitrogens with zero attached hydrogens (tertiary/aromatic N) is 2. The lowest BCUT2D eigenvalue weighted by Crippen LogP contribution is -2.13. The Kier molecular flexibility index (Phi) is 9.74. The number of benzene rings is 2. The minimum Gasteiger partial charge on any atom is -0.490 e. The van der Waals surface area contributed by atoms with E-state index in [1.165, 1.54) is 23.1 Å². The van der Waals surface area contributed by atoms with E-state index in [2.05, 4.69) is 20.8 Å². The van der Waals surface area contributed by atoms with Crippen LogP contribution in [-0.2, 0) is 4.79 Å². The maximum Gasteiger partial charge on any atom is 0.257 e. The SMILES string of the molecule is CCOc1cc(C(=O)Nc2nnc(SCC(=O)Nc3cccc(C)c3)s2)cc(OCC)c1OCC. The van der Waals surface area contributed by atoms with Crippen LogP contribution in [0.3, 0.4) is 0 Å². The Morgan fingerprint density at radius 1 is 0.943 bits per heavy atom. The molecule has 0 aliphatic rings. The number of carbonyl (C=O) groups excluding carboxylic acids is 2. The number of anilines is 2. The molecule has 0 radical (unpaired) electrons. The predicted octanol–water partition coefficient (Wildman–Crippen LogP) is 5.03. The van der Waals surface area contributed by atoms with Crippen molar-refractivity contribution < 1.29 is 23.8 Å². The Bertz CT molecular complexity index is 1140. The van der Waals surface area contributed by atoms with Crippen molar-refractivity contribution in [3.8, 4) is 17.2 Å². The Hall–Kier alpha value is -3.31. The molecule has 0 atom stereocenters. The second-order valence-electron chi connectivity index (χ2n) is 7.13. The van der Waals surface area contributed by atoms with Crippen LogP contribution in [-0.4, -0.2) is 47.6 Å². The lowest BCUT2D eigenvalue weighted by atomic mass is 10.1. The van der Waals surface area contributed by atoms with E-state index in [0.29, 0.717) is 52.1 Å². The third-order valence-corrected chi connectivity index (χ3v) is 6.40. The molecule has 35 heavy (non-hydrogen) atoms. The van der Waals surface area contributed by atoms with Gasteiger partial charge in [-0.05, 0) is 57.5 Å². The van der Waals surface area contributed by atoms with Crippen LogP contribution in [0.2, 0.25) is 0 Å². The molecule has 9 nitrogen and oxygen atoms in total. The van der Waals surface area contributed by atoms with E-state index in [1.807, 2.05) is 52.0 Å². The van der Waals surface area contributed by atoms with Crippen LogP contribution in [0.5, 0.6) is 17.2 Å². The van der Waals surface area contributed by atoms with Gasteiger partial charge >= 0.3 is 0 Å². The van der Waals surface area contributed by atoms with Crippen molar-refractivity contribution in [2.45, 2.75) is 32.0 Å². The van der Waals surface area contributed by atoms with Gasteiger partial charge in [-0.3, -0.25) is 14.9 Å². The van der Waals surface area contributed by atoms with Crippen molar-refractivity contribution in [1.29, 1.82) is 0 Å². The van der Waals surface area contributed by atoms with Gasteiger partial charge < -0.3 is 19.5 Å². The summed E-state index contributed by atoms with van der Waals surface area (Å²) >= 11 is 2.43. The number of aryl methyl sites for hydroxylation is 1. The first-order valence-electron chi connectivity index (χ1n) is 11.1. The van der Waals surface area contributed by atoms with Gasteiger partial charge in [0.05, 0.1) is 25.6 Å². The molecule has 0 aliphatic heterocycles. The van der Waals surface area contributed by atoms with Crippen LogP contribution >= 0.6 is 23.1 Å². The Balaban J connectivity index is 1.64. The molecule has 0 saturated heterocycles. The van der Waals surface area contributed by atoms with Crippen LogP contribution in [0.1, 0.15) is 36.7 Å². The molecule has 1 aromatic heterocycles. The normalized spacial score (nSPS) is 10.5. The Morgan fingerprint density at radius 2 is 1.63 bits per heavy atom. The zero-order chi connectivity index (χ0) is 25.2. The number of amides is 2. The van der Waals surface area contributed by atoms with Crippen molar-refractivity contribution in [2.75, 3.05) is 36.2 Å². The third kappa shape index (κ3) is 7.59. The Labute approximate surface area is 212 Å². The van der Waals surface area contributed by atoms with E-state index in [-0.39, 0.29) is 17.6 Å². The molecule has 2 amide bonds. The second kappa shape index (κ2) is 13.0. The number of hydrogen-bond donors (Lipinski definition) is 2. The van der Waals surface area contributed by atoms with Gasteiger partial charge in [-0.25, -0.2) is 0 Å². The van der Waals surface area contributed by atoms with Gasteiger partial charge in [-0.15, -0.1) is 10.2 Å². The lowest BCUT2D eigenvalue weighted by Gasteiger charge is -2.16. The minimum absolute atomic E-state index is 0.150. The number of carbonyl (C=O) groups is 2. The Morgan fingerprint density at radius 3 is 2.26 bits per heavy atom. The van der Waals surface area contributed by atoms with E-state index in [1.54, 1.807) is 12.1 Å². The van der Waals surface area contributed by atoms with Crippen molar-refractivity contribution in [2.24, 2.45) is 0 Å². The molecular weight excluding hydrogens is 488 g/mol. The van der Waals surface area contributed by atoms with E-state index in [0.717, 1.165) is 11.3 Å². The molecule has 3 aromatic rings. The summed E-state index contributed by atoms with van der Waals surface area (Å²) in [7, 11) is 0. The molecule has 0 fully saturated rings. The highest BCUT2D eigenvalue weighted by molar-refractivity contribution is 8.01. The van der Waals surface area contributed by atoms with E-state index >= 15 is 0 Å². The summed E-state index contributed by atoms with van der Waals surface area (Å²) in [6.07, 6.45) is 0. The third-order valence-electron chi connectivity index (χ3n) is 4.43. The van der Waals surface area contributed by atoms with Gasteiger partial charge in [-0.2, -0.15) is 0 Å². The summed E-state index contributed by atoms with van der Waals surface area (Å²) in [5.41, 5.74) is 2.14. The first kappa shape index (κ1) is 26.3. The standard InChI is InChI=1S/C24H28N4O5S2/c1-5-31-18-12-16(13-19(32-6-2)21(18)33-7-3)22(30)26-23-27-28-24(35-23)34-14-20(29)25-17-10-8-9-15(4)11-17/h8-13H,5-7,14H2,1-4H3,(H,25,29)(H,26,27,30). The number of hydrogen-bond acceptors (Lipinski definition) is 9. The fourth-order valence-electron chi connectivity index (χ4n) is 3.05. The van der Waals surface area contributed by atoms with Gasteiger partial charge in [-0.1, -0.05) is 35.2 Å². The van der Waals surface area contributed by atoms with Crippen LogP contribution in [0.25, 0.3) is 0 Å². The highest BCUT2D eigenvalue weighted by Gasteiger charge is 2.19. The summed E-state index contributed by atoms with van der Waals surface area (Å²) in [4.78, 5) is 25.1. The van der Waals surface area contributed by atoms with Gasteiger partial charge in [0.25, 0.3) is 5.91 Å². The van der Waals surface area contributed by atoms with Gasteiger partial charge in [0.15, 0.2) is 15.8 Å². The molecule has 1 heterocycles. The van der Waals surface area contributed by atoms with Gasteiger partial charge in [0.1, 0.15) is 0 Å². The van der Waals surface area contributed by atoms with Crippen LogP contribution < -0.4 is 24.8 Å². The first-order chi connectivity index (χ1) is 16.9. The molecule has 2 aromatic carbocycles. The number of ether oxygens (including phenoxy) is 3.